The molecule has 2 nitrogen and oxygen atoms in total. The molecule has 0 aromatic heterocycles. The molecule has 0 unspecified atom stereocenters. The predicted molar refractivity (Wildman–Crippen MR) is 85.3 cm³/mol. The fourth-order valence-corrected chi connectivity index (χ4v) is 2.75. The quantitative estimate of drug-likeness (QED) is 0.650. The number of carbonyl (C=O) groups is 1. The minimum atomic E-state index is 0.00626. The van der Waals surface area contributed by atoms with Crippen LogP contribution in [0, 0.1) is 0 Å². The molecule has 2 rings (SSSR count). The van der Waals surface area contributed by atoms with Gasteiger partial charge in [-0.05, 0) is 23.8 Å². The number of carbonyl (C=O) groups excluding carboxylic acids is 1. The molecule has 0 aliphatic rings. The summed E-state index contributed by atoms with van der Waals surface area (Å²) in [6.45, 7) is 0.656. The van der Waals surface area contributed by atoms with Crippen molar-refractivity contribution in [3.8, 4) is 0 Å². The lowest BCUT2D eigenvalue weighted by Crippen LogP contribution is -2.27. The van der Waals surface area contributed by atoms with Gasteiger partial charge in [-0.15, -0.1) is 11.8 Å². The molecule has 0 saturated carbocycles. The molecule has 0 spiro atoms. The first-order chi connectivity index (χ1) is 9.75. The largest absolute Gasteiger partial charge is 0.355 e. The van der Waals surface area contributed by atoms with Crippen LogP contribution in [-0.2, 0) is 11.2 Å². The van der Waals surface area contributed by atoms with E-state index in [1.165, 1.54) is 4.90 Å². The third-order valence-electron chi connectivity index (χ3n) is 2.75. The van der Waals surface area contributed by atoms with Crippen molar-refractivity contribution < 1.29 is 4.79 Å². The van der Waals surface area contributed by atoms with Crippen LogP contribution in [0.5, 0.6) is 0 Å². The Bertz CT molecular complexity index is 559. The summed E-state index contributed by atoms with van der Waals surface area (Å²) >= 11 is 7.76. The van der Waals surface area contributed by atoms with Crippen molar-refractivity contribution in [2.75, 3.05) is 12.3 Å². The molecular formula is C16H16ClNOS. The van der Waals surface area contributed by atoms with Crippen LogP contribution in [0.4, 0.5) is 0 Å². The first-order valence-electron chi connectivity index (χ1n) is 6.43. The molecule has 4 heteroatoms. The number of nitrogens with one attached hydrogen (secondary N) is 1. The summed E-state index contributed by atoms with van der Waals surface area (Å²) in [5.41, 5.74) is 0.863. The number of halogens is 1. The molecule has 1 N–H and O–H groups in total. The van der Waals surface area contributed by atoms with Gasteiger partial charge in [0.25, 0.3) is 0 Å². The molecule has 1 amide bonds. The van der Waals surface area contributed by atoms with Crippen molar-refractivity contribution in [2.24, 2.45) is 0 Å². The Morgan fingerprint density at radius 3 is 2.50 bits per heavy atom. The number of thioether (sulfide) groups is 1. The minimum Gasteiger partial charge on any atom is -0.355 e. The normalized spacial score (nSPS) is 10.2. The Morgan fingerprint density at radius 1 is 1.05 bits per heavy atom. The molecule has 2 aromatic carbocycles. The van der Waals surface area contributed by atoms with Gasteiger partial charge < -0.3 is 5.32 Å². The molecule has 104 valence electrons. The van der Waals surface area contributed by atoms with Crippen LogP contribution in [0.1, 0.15) is 5.56 Å². The molecule has 0 saturated heterocycles. The van der Waals surface area contributed by atoms with Gasteiger partial charge in [0.2, 0.25) is 5.91 Å². The zero-order valence-corrected chi connectivity index (χ0v) is 12.6. The maximum atomic E-state index is 11.8. The van der Waals surface area contributed by atoms with Crippen LogP contribution < -0.4 is 5.32 Å². The van der Waals surface area contributed by atoms with E-state index in [9.17, 15) is 4.79 Å². The Kier molecular flexibility index (Phi) is 5.96. The highest BCUT2D eigenvalue weighted by Crippen LogP contribution is 2.16. The second kappa shape index (κ2) is 7.98. The second-order valence-electron chi connectivity index (χ2n) is 4.28. The molecule has 0 fully saturated rings. The minimum absolute atomic E-state index is 0.00626. The van der Waals surface area contributed by atoms with E-state index in [1.807, 2.05) is 36.4 Å². The van der Waals surface area contributed by atoms with Gasteiger partial charge in [-0.25, -0.2) is 0 Å². The predicted octanol–water partition coefficient (Wildman–Crippen LogP) is 3.79. The molecule has 0 aliphatic heterocycles. The molecule has 0 atom stereocenters. The highest BCUT2D eigenvalue weighted by Gasteiger charge is 2.05. The number of amides is 1. The van der Waals surface area contributed by atoms with Crippen LogP contribution in [0.2, 0.25) is 5.02 Å². The topological polar surface area (TPSA) is 29.1 Å². The van der Waals surface area contributed by atoms with E-state index in [1.54, 1.807) is 17.8 Å². The van der Waals surface area contributed by atoms with E-state index in [0.717, 1.165) is 11.3 Å². The van der Waals surface area contributed by atoms with Crippen molar-refractivity contribution in [3.63, 3.8) is 0 Å². The molecule has 0 heterocycles. The molecule has 0 bridgehead atoms. The summed E-state index contributed by atoms with van der Waals surface area (Å²) < 4.78 is 0. The third kappa shape index (κ3) is 4.91. The summed E-state index contributed by atoms with van der Waals surface area (Å²) in [7, 11) is 0. The Morgan fingerprint density at radius 2 is 1.75 bits per heavy atom. The maximum Gasteiger partial charge on any atom is 0.224 e. The van der Waals surface area contributed by atoms with Gasteiger partial charge in [0.15, 0.2) is 0 Å². The van der Waals surface area contributed by atoms with E-state index in [2.05, 4.69) is 17.4 Å². The van der Waals surface area contributed by atoms with Crippen LogP contribution in [-0.4, -0.2) is 18.2 Å². The van der Waals surface area contributed by atoms with Crippen molar-refractivity contribution in [3.05, 3.63) is 65.2 Å². The lowest BCUT2D eigenvalue weighted by molar-refractivity contribution is -0.120. The molecule has 0 aliphatic carbocycles. The van der Waals surface area contributed by atoms with E-state index in [4.69, 9.17) is 11.6 Å². The SMILES string of the molecule is O=C(Cc1ccccc1Cl)NCCSc1ccccc1. The fraction of sp³-hybridized carbons (Fsp3) is 0.188. The number of rotatable bonds is 6. The molecular weight excluding hydrogens is 290 g/mol. The average Bonchev–Trinajstić information content (AvgIpc) is 2.47. The van der Waals surface area contributed by atoms with Gasteiger partial charge in [0.1, 0.15) is 0 Å². The summed E-state index contributed by atoms with van der Waals surface area (Å²) in [5, 5.41) is 3.55. The zero-order valence-electron chi connectivity index (χ0n) is 11.0. The standard InChI is InChI=1S/C16H16ClNOS/c17-15-9-5-4-6-13(15)12-16(19)18-10-11-20-14-7-2-1-3-8-14/h1-9H,10-12H2,(H,18,19). The number of hydrogen-bond acceptors (Lipinski definition) is 2. The number of hydrogen-bond donors (Lipinski definition) is 1. The maximum absolute atomic E-state index is 11.8. The second-order valence-corrected chi connectivity index (χ2v) is 5.86. The van der Waals surface area contributed by atoms with Crippen LogP contribution in [0.3, 0.4) is 0 Å². The van der Waals surface area contributed by atoms with Gasteiger partial charge in [-0.1, -0.05) is 48.0 Å². The summed E-state index contributed by atoms with van der Waals surface area (Å²) in [4.78, 5) is 13.0. The van der Waals surface area contributed by atoms with Crippen molar-refractivity contribution in [1.29, 1.82) is 0 Å². The van der Waals surface area contributed by atoms with Crippen molar-refractivity contribution in [1.82, 2.24) is 5.32 Å². The van der Waals surface area contributed by atoms with Crippen LogP contribution in [0.25, 0.3) is 0 Å². The van der Waals surface area contributed by atoms with Crippen molar-refractivity contribution >= 4 is 29.3 Å². The van der Waals surface area contributed by atoms with Gasteiger partial charge >= 0.3 is 0 Å². The average molecular weight is 306 g/mol. The fourth-order valence-electron chi connectivity index (χ4n) is 1.75. The zero-order chi connectivity index (χ0) is 14.2. The first-order valence-corrected chi connectivity index (χ1v) is 7.80. The summed E-state index contributed by atoms with van der Waals surface area (Å²) in [5.74, 6) is 0.866. The first kappa shape index (κ1) is 14.9. The highest BCUT2D eigenvalue weighted by molar-refractivity contribution is 7.99. The van der Waals surface area contributed by atoms with E-state index in [0.29, 0.717) is 18.0 Å². The number of benzene rings is 2. The molecule has 20 heavy (non-hydrogen) atoms. The Balaban J connectivity index is 1.69. The van der Waals surface area contributed by atoms with Gasteiger partial charge in [0.05, 0.1) is 6.42 Å². The van der Waals surface area contributed by atoms with E-state index in [-0.39, 0.29) is 5.91 Å². The van der Waals surface area contributed by atoms with Gasteiger partial charge in [0, 0.05) is 22.2 Å². The van der Waals surface area contributed by atoms with Gasteiger partial charge in [-0.3, -0.25) is 4.79 Å². The Hall–Kier alpha value is -1.45. The van der Waals surface area contributed by atoms with Crippen molar-refractivity contribution in [2.45, 2.75) is 11.3 Å². The van der Waals surface area contributed by atoms with E-state index < -0.39 is 0 Å². The highest BCUT2D eigenvalue weighted by atomic mass is 35.5. The van der Waals surface area contributed by atoms with Gasteiger partial charge in [-0.2, -0.15) is 0 Å². The smallest absolute Gasteiger partial charge is 0.224 e. The molecule has 0 radical (unpaired) electrons. The third-order valence-corrected chi connectivity index (χ3v) is 4.13. The van der Waals surface area contributed by atoms with Crippen LogP contribution >= 0.6 is 23.4 Å². The summed E-state index contributed by atoms with van der Waals surface area (Å²) in [6, 6.07) is 17.6. The monoisotopic (exact) mass is 305 g/mol. The van der Waals surface area contributed by atoms with Crippen LogP contribution in [0.15, 0.2) is 59.5 Å². The Labute approximate surface area is 128 Å². The molecule has 2 aromatic rings. The lowest BCUT2D eigenvalue weighted by atomic mass is 10.1. The van der Waals surface area contributed by atoms with E-state index >= 15 is 0 Å². The lowest BCUT2D eigenvalue weighted by Gasteiger charge is -2.06. The summed E-state index contributed by atoms with van der Waals surface area (Å²) in [6.07, 6.45) is 0.329.